The molecule has 3 rings (SSSR count). The molecule has 0 bridgehead atoms. The standard InChI is InChI=1S/C20H25NO4/c1-2-15-7-9-17(10-8-15)25-14-20(23)21-11-3-5-16(21)13-18(22)19-6-4-12-24-19/h4,6-10,12,16,18,22H,2-3,5,11,13-14H2,1H3. The van der Waals surface area contributed by atoms with E-state index in [2.05, 4.69) is 6.92 Å². The lowest BCUT2D eigenvalue weighted by Crippen LogP contribution is -2.39. The molecule has 5 heteroatoms. The van der Waals surface area contributed by atoms with Crippen molar-refractivity contribution in [1.82, 2.24) is 4.90 Å². The number of amides is 1. The summed E-state index contributed by atoms with van der Waals surface area (Å²) in [4.78, 5) is 14.3. The van der Waals surface area contributed by atoms with Gasteiger partial charge < -0.3 is 19.2 Å². The molecule has 1 amide bonds. The summed E-state index contributed by atoms with van der Waals surface area (Å²) in [5, 5.41) is 10.3. The Kier molecular flexibility index (Phi) is 5.76. The van der Waals surface area contributed by atoms with E-state index >= 15 is 0 Å². The number of ether oxygens (including phenoxy) is 1. The highest BCUT2D eigenvalue weighted by atomic mass is 16.5. The summed E-state index contributed by atoms with van der Waals surface area (Å²) in [5.41, 5.74) is 1.24. The Bertz CT molecular complexity index is 666. The Morgan fingerprint density at radius 1 is 1.36 bits per heavy atom. The average Bonchev–Trinajstić information content (AvgIpc) is 3.32. The summed E-state index contributed by atoms with van der Waals surface area (Å²) in [6.45, 7) is 2.84. The largest absolute Gasteiger partial charge is 0.484 e. The molecule has 0 saturated carbocycles. The number of hydrogen-bond donors (Lipinski definition) is 1. The van der Waals surface area contributed by atoms with Gasteiger partial charge in [0.05, 0.1) is 6.26 Å². The second-order valence-corrected chi connectivity index (χ2v) is 6.44. The molecule has 5 nitrogen and oxygen atoms in total. The lowest BCUT2D eigenvalue weighted by atomic mass is 10.1. The summed E-state index contributed by atoms with van der Waals surface area (Å²) in [7, 11) is 0. The molecule has 2 atom stereocenters. The Morgan fingerprint density at radius 2 is 2.16 bits per heavy atom. The molecule has 25 heavy (non-hydrogen) atoms. The van der Waals surface area contributed by atoms with Crippen molar-refractivity contribution in [3.63, 3.8) is 0 Å². The fourth-order valence-electron chi connectivity index (χ4n) is 3.31. The molecule has 0 radical (unpaired) electrons. The van der Waals surface area contributed by atoms with Crippen LogP contribution in [0.4, 0.5) is 0 Å². The van der Waals surface area contributed by atoms with Gasteiger partial charge in [0.25, 0.3) is 5.91 Å². The molecule has 1 N–H and O–H groups in total. The average molecular weight is 343 g/mol. The third-order valence-corrected chi connectivity index (χ3v) is 4.76. The number of rotatable bonds is 7. The Morgan fingerprint density at radius 3 is 2.84 bits per heavy atom. The maximum atomic E-state index is 12.5. The summed E-state index contributed by atoms with van der Waals surface area (Å²) in [6, 6.07) is 11.4. The van der Waals surface area contributed by atoms with Crippen LogP contribution in [0.5, 0.6) is 5.75 Å². The number of furan rings is 1. The van der Waals surface area contributed by atoms with E-state index in [1.807, 2.05) is 29.2 Å². The monoisotopic (exact) mass is 343 g/mol. The van der Waals surface area contributed by atoms with Crippen LogP contribution in [0.2, 0.25) is 0 Å². The van der Waals surface area contributed by atoms with Crippen LogP contribution in [0.15, 0.2) is 47.1 Å². The van der Waals surface area contributed by atoms with Crippen molar-refractivity contribution in [1.29, 1.82) is 0 Å². The molecule has 1 fully saturated rings. The lowest BCUT2D eigenvalue weighted by molar-refractivity contribution is -0.134. The molecule has 0 aliphatic carbocycles. The summed E-state index contributed by atoms with van der Waals surface area (Å²) < 4.78 is 10.9. The molecule has 2 aromatic rings. The first kappa shape index (κ1) is 17.5. The van der Waals surface area contributed by atoms with Crippen LogP contribution in [-0.4, -0.2) is 35.1 Å². The van der Waals surface area contributed by atoms with Gasteiger partial charge in [0.1, 0.15) is 17.6 Å². The lowest BCUT2D eigenvalue weighted by Gasteiger charge is -2.26. The number of nitrogens with zero attached hydrogens (tertiary/aromatic N) is 1. The highest BCUT2D eigenvalue weighted by Crippen LogP contribution is 2.27. The Balaban J connectivity index is 1.53. The summed E-state index contributed by atoms with van der Waals surface area (Å²) in [6.07, 6.45) is 4.18. The minimum absolute atomic E-state index is 0.0265. The van der Waals surface area contributed by atoms with Gasteiger partial charge in [-0.25, -0.2) is 0 Å². The zero-order chi connectivity index (χ0) is 17.6. The molecular formula is C20H25NO4. The van der Waals surface area contributed by atoms with E-state index in [0.717, 1.165) is 19.3 Å². The first-order valence-electron chi connectivity index (χ1n) is 8.90. The molecule has 1 aromatic carbocycles. The van der Waals surface area contributed by atoms with Gasteiger partial charge in [-0.2, -0.15) is 0 Å². The van der Waals surface area contributed by atoms with Crippen LogP contribution < -0.4 is 4.74 Å². The zero-order valence-electron chi connectivity index (χ0n) is 14.6. The SMILES string of the molecule is CCc1ccc(OCC(=O)N2CCCC2CC(O)c2ccco2)cc1. The number of likely N-dealkylation sites (tertiary alicyclic amines) is 1. The highest BCUT2D eigenvalue weighted by Gasteiger charge is 2.31. The molecule has 134 valence electrons. The van der Waals surface area contributed by atoms with Crippen LogP contribution >= 0.6 is 0 Å². The van der Waals surface area contributed by atoms with Gasteiger partial charge in [0.15, 0.2) is 6.61 Å². The van der Waals surface area contributed by atoms with E-state index in [-0.39, 0.29) is 18.6 Å². The molecular weight excluding hydrogens is 318 g/mol. The van der Waals surface area contributed by atoms with E-state index in [4.69, 9.17) is 9.15 Å². The zero-order valence-corrected chi connectivity index (χ0v) is 14.6. The van der Waals surface area contributed by atoms with Crippen molar-refractivity contribution in [3.05, 3.63) is 54.0 Å². The number of benzene rings is 1. The minimum Gasteiger partial charge on any atom is -0.484 e. The normalized spacial score (nSPS) is 18.3. The summed E-state index contributed by atoms with van der Waals surface area (Å²) in [5.74, 6) is 1.22. The Labute approximate surface area is 148 Å². The second kappa shape index (κ2) is 8.21. The van der Waals surface area contributed by atoms with Gasteiger partial charge in [0.2, 0.25) is 0 Å². The first-order chi connectivity index (χ1) is 12.2. The van der Waals surface area contributed by atoms with E-state index in [1.54, 1.807) is 18.4 Å². The molecule has 0 spiro atoms. The number of aliphatic hydroxyl groups excluding tert-OH is 1. The van der Waals surface area contributed by atoms with Gasteiger partial charge in [-0.1, -0.05) is 19.1 Å². The van der Waals surface area contributed by atoms with Crippen LogP contribution in [0.1, 0.15) is 43.6 Å². The van der Waals surface area contributed by atoms with Crippen LogP contribution in [0.25, 0.3) is 0 Å². The quantitative estimate of drug-likeness (QED) is 0.837. The third kappa shape index (κ3) is 4.42. The van der Waals surface area contributed by atoms with Crippen molar-refractivity contribution < 1.29 is 19.1 Å². The number of hydrogen-bond acceptors (Lipinski definition) is 4. The van der Waals surface area contributed by atoms with Crippen molar-refractivity contribution in [2.75, 3.05) is 13.2 Å². The second-order valence-electron chi connectivity index (χ2n) is 6.44. The van der Waals surface area contributed by atoms with E-state index in [1.165, 1.54) is 5.56 Å². The van der Waals surface area contributed by atoms with Crippen LogP contribution in [-0.2, 0) is 11.2 Å². The molecule has 1 aromatic heterocycles. The van der Waals surface area contributed by atoms with Crippen molar-refractivity contribution in [2.24, 2.45) is 0 Å². The van der Waals surface area contributed by atoms with Gasteiger partial charge in [-0.05, 0) is 49.1 Å². The predicted octanol–water partition coefficient (Wildman–Crippen LogP) is 3.34. The highest BCUT2D eigenvalue weighted by molar-refractivity contribution is 5.78. The summed E-state index contributed by atoms with van der Waals surface area (Å²) >= 11 is 0. The fourth-order valence-corrected chi connectivity index (χ4v) is 3.31. The van der Waals surface area contributed by atoms with E-state index in [0.29, 0.717) is 24.5 Å². The molecule has 1 saturated heterocycles. The number of carbonyl (C=O) groups excluding carboxylic acids is 1. The third-order valence-electron chi connectivity index (χ3n) is 4.76. The number of aryl methyl sites for hydroxylation is 1. The van der Waals surface area contributed by atoms with E-state index in [9.17, 15) is 9.90 Å². The maximum absolute atomic E-state index is 12.5. The number of carbonyl (C=O) groups is 1. The van der Waals surface area contributed by atoms with Gasteiger partial charge in [-0.3, -0.25) is 4.79 Å². The maximum Gasteiger partial charge on any atom is 0.260 e. The topological polar surface area (TPSA) is 62.9 Å². The predicted molar refractivity (Wildman–Crippen MR) is 94.3 cm³/mol. The van der Waals surface area contributed by atoms with Crippen LogP contribution in [0, 0.1) is 0 Å². The smallest absolute Gasteiger partial charge is 0.260 e. The molecule has 1 aliphatic heterocycles. The minimum atomic E-state index is -0.684. The Hall–Kier alpha value is -2.27. The molecule has 2 unspecified atom stereocenters. The van der Waals surface area contributed by atoms with Gasteiger partial charge in [-0.15, -0.1) is 0 Å². The van der Waals surface area contributed by atoms with Crippen molar-refractivity contribution in [3.8, 4) is 5.75 Å². The van der Waals surface area contributed by atoms with Crippen molar-refractivity contribution >= 4 is 5.91 Å². The van der Waals surface area contributed by atoms with Gasteiger partial charge >= 0.3 is 0 Å². The van der Waals surface area contributed by atoms with Gasteiger partial charge in [0, 0.05) is 19.0 Å². The fraction of sp³-hybridized carbons (Fsp3) is 0.450. The number of aliphatic hydroxyl groups is 1. The first-order valence-corrected chi connectivity index (χ1v) is 8.90. The van der Waals surface area contributed by atoms with Crippen LogP contribution in [0.3, 0.4) is 0 Å². The van der Waals surface area contributed by atoms with E-state index < -0.39 is 6.10 Å². The molecule has 2 heterocycles. The van der Waals surface area contributed by atoms with Crippen molar-refractivity contribution in [2.45, 2.75) is 44.8 Å². The molecule has 1 aliphatic rings.